The Morgan fingerprint density at radius 1 is 0.958 bits per heavy atom. The van der Waals surface area contributed by atoms with Crippen LogP contribution in [0.2, 0.25) is 0 Å². The van der Waals surface area contributed by atoms with Gasteiger partial charge in [-0.25, -0.2) is 0 Å². The van der Waals surface area contributed by atoms with Crippen molar-refractivity contribution in [1.82, 2.24) is 5.32 Å². The molecule has 1 fully saturated rings. The maximum absolute atomic E-state index is 12.2. The molecule has 0 atom stereocenters. The Hall–Kier alpha value is -2.17. The molecule has 0 aromatic heterocycles. The second-order valence-electron chi connectivity index (χ2n) is 5.98. The number of hydrogen-bond acceptors (Lipinski definition) is 4. The molecule has 1 aromatic rings. The van der Waals surface area contributed by atoms with E-state index in [-0.39, 0.29) is 11.9 Å². The molecule has 132 valence electrons. The average molecular weight is 333 g/mol. The SMILES string of the molecule is COc1cc(OC)c(OC)cc1/C=C/C(=O)NC1CCCCCC1. The van der Waals surface area contributed by atoms with Gasteiger partial charge in [0.1, 0.15) is 5.75 Å². The van der Waals surface area contributed by atoms with Crippen molar-refractivity contribution >= 4 is 12.0 Å². The lowest BCUT2D eigenvalue weighted by Crippen LogP contribution is -2.33. The van der Waals surface area contributed by atoms with Crippen molar-refractivity contribution < 1.29 is 19.0 Å². The first-order chi connectivity index (χ1) is 11.7. The van der Waals surface area contributed by atoms with Crippen LogP contribution in [0.15, 0.2) is 18.2 Å². The molecule has 5 nitrogen and oxygen atoms in total. The number of amides is 1. The van der Waals surface area contributed by atoms with Crippen LogP contribution in [-0.2, 0) is 4.79 Å². The van der Waals surface area contributed by atoms with E-state index >= 15 is 0 Å². The van der Waals surface area contributed by atoms with Crippen molar-refractivity contribution in [3.05, 3.63) is 23.8 Å². The number of carbonyl (C=O) groups is 1. The fraction of sp³-hybridized carbons (Fsp3) is 0.526. The van der Waals surface area contributed by atoms with Crippen LogP contribution in [0.4, 0.5) is 0 Å². The summed E-state index contributed by atoms with van der Waals surface area (Å²) in [6.45, 7) is 0. The van der Waals surface area contributed by atoms with Gasteiger partial charge in [0.05, 0.1) is 21.3 Å². The maximum atomic E-state index is 12.2. The summed E-state index contributed by atoms with van der Waals surface area (Å²) in [5, 5.41) is 3.10. The first kappa shape index (κ1) is 18.2. The highest BCUT2D eigenvalue weighted by atomic mass is 16.5. The van der Waals surface area contributed by atoms with Crippen LogP contribution in [0.1, 0.15) is 44.1 Å². The van der Waals surface area contributed by atoms with Crippen molar-refractivity contribution in [3.8, 4) is 17.2 Å². The summed E-state index contributed by atoms with van der Waals surface area (Å²) in [5.41, 5.74) is 0.770. The van der Waals surface area contributed by atoms with E-state index in [0.29, 0.717) is 17.2 Å². The molecule has 0 saturated heterocycles. The molecule has 0 heterocycles. The Morgan fingerprint density at radius 3 is 2.12 bits per heavy atom. The Morgan fingerprint density at radius 2 is 1.54 bits per heavy atom. The van der Waals surface area contributed by atoms with Gasteiger partial charge in [-0.15, -0.1) is 0 Å². The van der Waals surface area contributed by atoms with Gasteiger partial charge < -0.3 is 19.5 Å². The summed E-state index contributed by atoms with van der Waals surface area (Å²) in [6, 6.07) is 3.84. The minimum absolute atomic E-state index is 0.0706. The van der Waals surface area contributed by atoms with E-state index in [4.69, 9.17) is 14.2 Å². The molecule has 0 radical (unpaired) electrons. The number of nitrogens with one attached hydrogen (secondary N) is 1. The molecule has 1 aliphatic carbocycles. The zero-order valence-corrected chi connectivity index (χ0v) is 14.8. The van der Waals surface area contributed by atoms with Crippen LogP contribution in [0.3, 0.4) is 0 Å². The first-order valence-corrected chi connectivity index (χ1v) is 8.46. The van der Waals surface area contributed by atoms with E-state index in [1.165, 1.54) is 25.7 Å². The lowest BCUT2D eigenvalue weighted by Gasteiger charge is -2.15. The number of carbonyl (C=O) groups excluding carboxylic acids is 1. The van der Waals surface area contributed by atoms with E-state index in [1.54, 1.807) is 45.6 Å². The average Bonchev–Trinajstić information content (AvgIpc) is 2.87. The van der Waals surface area contributed by atoms with E-state index in [2.05, 4.69) is 5.32 Å². The standard InChI is InChI=1S/C19H27NO4/c1-22-16-13-18(24-3)17(23-2)12-14(16)10-11-19(21)20-15-8-6-4-5-7-9-15/h10-13,15H,4-9H2,1-3H3,(H,20,21)/b11-10+. The van der Waals surface area contributed by atoms with Crippen molar-refractivity contribution in [3.63, 3.8) is 0 Å². The molecule has 1 saturated carbocycles. The van der Waals surface area contributed by atoms with Gasteiger partial charge in [-0.3, -0.25) is 4.79 Å². The molecule has 1 N–H and O–H groups in total. The first-order valence-electron chi connectivity index (χ1n) is 8.46. The third-order valence-corrected chi connectivity index (χ3v) is 4.35. The van der Waals surface area contributed by atoms with Crippen molar-refractivity contribution in [2.24, 2.45) is 0 Å². The Labute approximate surface area is 144 Å². The Kier molecular flexibility index (Phi) is 6.97. The molecule has 24 heavy (non-hydrogen) atoms. The smallest absolute Gasteiger partial charge is 0.244 e. The normalized spacial score (nSPS) is 15.8. The highest BCUT2D eigenvalue weighted by Gasteiger charge is 2.14. The monoisotopic (exact) mass is 333 g/mol. The lowest BCUT2D eigenvalue weighted by atomic mass is 10.1. The second-order valence-corrected chi connectivity index (χ2v) is 5.98. The number of benzene rings is 1. The molecule has 0 unspecified atom stereocenters. The summed E-state index contributed by atoms with van der Waals surface area (Å²) in [5.74, 6) is 1.75. The molecule has 1 aliphatic rings. The minimum atomic E-state index is -0.0706. The minimum Gasteiger partial charge on any atom is -0.496 e. The number of methoxy groups -OCH3 is 3. The lowest BCUT2D eigenvalue weighted by molar-refractivity contribution is -0.117. The summed E-state index contributed by atoms with van der Waals surface area (Å²) < 4.78 is 15.9. The van der Waals surface area contributed by atoms with Gasteiger partial charge >= 0.3 is 0 Å². The molecule has 5 heteroatoms. The zero-order chi connectivity index (χ0) is 17.4. The van der Waals surface area contributed by atoms with Gasteiger partial charge in [-0.2, -0.15) is 0 Å². The van der Waals surface area contributed by atoms with Gasteiger partial charge in [0.15, 0.2) is 11.5 Å². The second kappa shape index (κ2) is 9.21. The van der Waals surface area contributed by atoms with E-state index in [1.807, 2.05) is 0 Å². The number of hydrogen-bond donors (Lipinski definition) is 1. The summed E-state index contributed by atoms with van der Waals surface area (Å²) in [6.07, 6.45) is 10.4. The van der Waals surface area contributed by atoms with E-state index in [0.717, 1.165) is 18.4 Å². The van der Waals surface area contributed by atoms with Crippen LogP contribution >= 0.6 is 0 Å². The fourth-order valence-electron chi connectivity index (χ4n) is 3.02. The van der Waals surface area contributed by atoms with E-state index in [9.17, 15) is 4.79 Å². The van der Waals surface area contributed by atoms with E-state index < -0.39 is 0 Å². The summed E-state index contributed by atoms with van der Waals surface area (Å²) in [4.78, 5) is 12.2. The van der Waals surface area contributed by atoms with Gasteiger partial charge in [0.25, 0.3) is 0 Å². The molecule has 2 rings (SSSR count). The zero-order valence-electron chi connectivity index (χ0n) is 14.8. The van der Waals surface area contributed by atoms with Crippen LogP contribution in [0.25, 0.3) is 6.08 Å². The van der Waals surface area contributed by atoms with Crippen LogP contribution < -0.4 is 19.5 Å². The van der Waals surface area contributed by atoms with Crippen LogP contribution in [0.5, 0.6) is 17.2 Å². The predicted molar refractivity (Wildman–Crippen MR) is 94.8 cm³/mol. The Balaban J connectivity index is 2.07. The van der Waals surface area contributed by atoms with Gasteiger partial charge in [-0.1, -0.05) is 25.7 Å². The van der Waals surface area contributed by atoms with Crippen molar-refractivity contribution in [2.45, 2.75) is 44.6 Å². The third kappa shape index (κ3) is 4.91. The fourth-order valence-corrected chi connectivity index (χ4v) is 3.02. The quantitative estimate of drug-likeness (QED) is 0.639. The largest absolute Gasteiger partial charge is 0.496 e. The Bertz CT molecular complexity index is 575. The highest BCUT2D eigenvalue weighted by molar-refractivity contribution is 5.92. The van der Waals surface area contributed by atoms with Crippen molar-refractivity contribution in [2.75, 3.05) is 21.3 Å². The van der Waals surface area contributed by atoms with Crippen molar-refractivity contribution in [1.29, 1.82) is 0 Å². The molecular formula is C19H27NO4. The molecule has 0 aliphatic heterocycles. The van der Waals surface area contributed by atoms with Gasteiger partial charge in [0, 0.05) is 23.7 Å². The number of ether oxygens (including phenoxy) is 3. The molecule has 1 aromatic carbocycles. The summed E-state index contributed by atoms with van der Waals surface area (Å²) >= 11 is 0. The number of rotatable bonds is 6. The van der Waals surface area contributed by atoms with Crippen LogP contribution in [-0.4, -0.2) is 33.3 Å². The maximum Gasteiger partial charge on any atom is 0.244 e. The molecule has 1 amide bonds. The van der Waals surface area contributed by atoms with Gasteiger partial charge in [-0.05, 0) is 25.0 Å². The molecular weight excluding hydrogens is 306 g/mol. The van der Waals surface area contributed by atoms with Crippen LogP contribution in [0, 0.1) is 0 Å². The highest BCUT2D eigenvalue weighted by Crippen LogP contribution is 2.35. The predicted octanol–water partition coefficient (Wildman–Crippen LogP) is 3.56. The molecule has 0 bridgehead atoms. The summed E-state index contributed by atoms with van der Waals surface area (Å²) in [7, 11) is 4.74. The third-order valence-electron chi connectivity index (χ3n) is 4.35. The molecule has 0 spiro atoms. The topological polar surface area (TPSA) is 56.8 Å². The van der Waals surface area contributed by atoms with Gasteiger partial charge in [0.2, 0.25) is 5.91 Å².